The first-order chi connectivity index (χ1) is 7.05. The molecular formula is C10H17F2NO3. The minimum atomic E-state index is -3.38. The maximum Gasteiger partial charge on any atom is 0.407 e. The molecule has 2 unspecified atom stereocenters. The number of piperidine rings is 1. The largest absolute Gasteiger partial charge is 0.465 e. The van der Waals surface area contributed by atoms with Crippen LogP contribution in [0.1, 0.15) is 20.8 Å². The van der Waals surface area contributed by atoms with Gasteiger partial charge in [0, 0.05) is 12.5 Å². The van der Waals surface area contributed by atoms with Gasteiger partial charge in [-0.05, 0) is 5.41 Å². The van der Waals surface area contributed by atoms with Gasteiger partial charge in [0.1, 0.15) is 6.10 Å². The summed E-state index contributed by atoms with van der Waals surface area (Å²) in [6, 6.07) is 0. The Hall–Kier alpha value is -0.910. The molecule has 0 radical (unpaired) electrons. The molecule has 2 atom stereocenters. The SMILES string of the molecule is CC(C)(C)C1CN(C(=O)O)CC(F)(F)C1O. The molecule has 1 heterocycles. The van der Waals surface area contributed by atoms with E-state index in [0.29, 0.717) is 4.90 Å². The van der Waals surface area contributed by atoms with Crippen LogP contribution in [0.25, 0.3) is 0 Å². The summed E-state index contributed by atoms with van der Waals surface area (Å²) in [5.74, 6) is -4.15. The first-order valence-corrected chi connectivity index (χ1v) is 5.09. The molecule has 0 aromatic heterocycles. The summed E-state index contributed by atoms with van der Waals surface area (Å²) in [6.07, 6.45) is -3.16. The molecule has 1 rings (SSSR count). The molecule has 1 fully saturated rings. The third kappa shape index (κ3) is 2.42. The molecule has 16 heavy (non-hydrogen) atoms. The van der Waals surface area contributed by atoms with E-state index in [2.05, 4.69) is 0 Å². The number of amides is 1. The highest BCUT2D eigenvalue weighted by atomic mass is 19.3. The number of hydrogen-bond acceptors (Lipinski definition) is 2. The molecular weight excluding hydrogens is 220 g/mol. The minimum absolute atomic E-state index is 0.0599. The van der Waals surface area contributed by atoms with Crippen LogP contribution in [0.15, 0.2) is 0 Å². The van der Waals surface area contributed by atoms with Gasteiger partial charge in [-0.25, -0.2) is 13.6 Å². The van der Waals surface area contributed by atoms with Crippen molar-refractivity contribution in [1.29, 1.82) is 0 Å². The number of rotatable bonds is 0. The zero-order valence-corrected chi connectivity index (χ0v) is 9.57. The zero-order valence-electron chi connectivity index (χ0n) is 9.57. The average molecular weight is 237 g/mol. The fraction of sp³-hybridized carbons (Fsp3) is 0.900. The topological polar surface area (TPSA) is 60.8 Å². The van der Waals surface area contributed by atoms with Gasteiger partial charge in [0.05, 0.1) is 6.54 Å². The van der Waals surface area contributed by atoms with Crippen molar-refractivity contribution in [2.24, 2.45) is 11.3 Å². The molecule has 0 saturated carbocycles. The number of carbonyl (C=O) groups is 1. The predicted octanol–water partition coefficient (Wildman–Crippen LogP) is 1.64. The number of alkyl halides is 2. The van der Waals surface area contributed by atoms with Gasteiger partial charge in [-0.1, -0.05) is 20.8 Å². The Kier molecular flexibility index (Phi) is 3.15. The number of carboxylic acid groups (broad SMARTS) is 1. The van der Waals surface area contributed by atoms with E-state index in [9.17, 15) is 18.7 Å². The van der Waals surface area contributed by atoms with Gasteiger partial charge in [-0.15, -0.1) is 0 Å². The number of aliphatic hydroxyl groups excluding tert-OH is 1. The minimum Gasteiger partial charge on any atom is -0.465 e. The molecule has 0 aromatic rings. The van der Waals surface area contributed by atoms with Crippen LogP contribution >= 0.6 is 0 Å². The molecule has 0 spiro atoms. The number of likely N-dealkylation sites (tertiary alicyclic amines) is 1. The average Bonchev–Trinajstić information content (AvgIpc) is 2.06. The lowest BCUT2D eigenvalue weighted by molar-refractivity contribution is -0.185. The van der Waals surface area contributed by atoms with Crippen molar-refractivity contribution in [3.05, 3.63) is 0 Å². The van der Waals surface area contributed by atoms with E-state index in [4.69, 9.17) is 5.11 Å². The van der Waals surface area contributed by atoms with E-state index >= 15 is 0 Å². The monoisotopic (exact) mass is 237 g/mol. The summed E-state index contributed by atoms with van der Waals surface area (Å²) in [7, 11) is 0. The Labute approximate surface area is 92.9 Å². The molecule has 2 N–H and O–H groups in total. The van der Waals surface area contributed by atoms with Crippen molar-refractivity contribution in [3.8, 4) is 0 Å². The lowest BCUT2D eigenvalue weighted by Crippen LogP contribution is -2.60. The Balaban J connectivity index is 2.97. The smallest absolute Gasteiger partial charge is 0.407 e. The van der Waals surface area contributed by atoms with Crippen LogP contribution in [-0.4, -0.2) is 46.3 Å². The van der Waals surface area contributed by atoms with Crippen LogP contribution in [0.3, 0.4) is 0 Å². The van der Waals surface area contributed by atoms with Crippen LogP contribution in [0, 0.1) is 11.3 Å². The fourth-order valence-electron chi connectivity index (χ4n) is 1.94. The van der Waals surface area contributed by atoms with E-state index in [0.717, 1.165) is 0 Å². The maximum atomic E-state index is 13.4. The Bertz CT molecular complexity index is 288. The molecule has 1 aliphatic heterocycles. The van der Waals surface area contributed by atoms with Crippen LogP contribution in [0.5, 0.6) is 0 Å². The normalized spacial score (nSPS) is 30.2. The molecule has 1 amide bonds. The van der Waals surface area contributed by atoms with Crippen LogP contribution in [0.2, 0.25) is 0 Å². The van der Waals surface area contributed by atoms with Gasteiger partial charge in [0.2, 0.25) is 0 Å². The number of nitrogens with zero attached hydrogens (tertiary/aromatic N) is 1. The second-order valence-electron chi connectivity index (χ2n) is 5.34. The summed E-state index contributed by atoms with van der Waals surface area (Å²) in [5, 5.41) is 18.3. The van der Waals surface area contributed by atoms with Crippen molar-refractivity contribution in [3.63, 3.8) is 0 Å². The molecule has 94 valence electrons. The summed E-state index contributed by atoms with van der Waals surface area (Å²) < 4.78 is 26.9. The second-order valence-corrected chi connectivity index (χ2v) is 5.34. The zero-order chi connectivity index (χ0) is 12.7. The van der Waals surface area contributed by atoms with Crippen LogP contribution < -0.4 is 0 Å². The second kappa shape index (κ2) is 3.84. The number of hydrogen-bond donors (Lipinski definition) is 2. The third-order valence-corrected chi connectivity index (χ3v) is 3.02. The van der Waals surface area contributed by atoms with Crippen molar-refractivity contribution < 1.29 is 23.8 Å². The molecule has 1 saturated heterocycles. The van der Waals surface area contributed by atoms with Gasteiger partial charge in [-0.3, -0.25) is 0 Å². The molecule has 0 aromatic carbocycles. The highest BCUT2D eigenvalue weighted by molar-refractivity contribution is 5.65. The number of aliphatic hydroxyl groups is 1. The van der Waals surface area contributed by atoms with E-state index in [-0.39, 0.29) is 6.54 Å². The van der Waals surface area contributed by atoms with Crippen molar-refractivity contribution >= 4 is 6.09 Å². The van der Waals surface area contributed by atoms with Gasteiger partial charge in [-0.2, -0.15) is 0 Å². The summed E-state index contributed by atoms with van der Waals surface area (Å²) in [5.41, 5.74) is -0.572. The molecule has 4 nitrogen and oxygen atoms in total. The quantitative estimate of drug-likeness (QED) is 0.673. The van der Waals surface area contributed by atoms with Crippen molar-refractivity contribution in [2.75, 3.05) is 13.1 Å². The van der Waals surface area contributed by atoms with Gasteiger partial charge in [0.25, 0.3) is 5.92 Å². The Morgan fingerprint density at radius 2 is 1.94 bits per heavy atom. The first kappa shape index (κ1) is 13.2. The van der Waals surface area contributed by atoms with Gasteiger partial charge in [0.15, 0.2) is 0 Å². The van der Waals surface area contributed by atoms with E-state index < -0.39 is 36.0 Å². The summed E-state index contributed by atoms with van der Waals surface area (Å²) in [6.45, 7) is 4.14. The van der Waals surface area contributed by atoms with Crippen LogP contribution in [-0.2, 0) is 0 Å². The Morgan fingerprint density at radius 1 is 1.44 bits per heavy atom. The van der Waals surface area contributed by atoms with Crippen LogP contribution in [0.4, 0.5) is 13.6 Å². The standard InChI is InChI=1S/C10H17F2NO3/c1-9(2,3)6-4-13(8(15)16)5-10(11,12)7(6)14/h6-7,14H,4-5H2,1-3H3,(H,15,16). The highest BCUT2D eigenvalue weighted by Crippen LogP contribution is 2.39. The lowest BCUT2D eigenvalue weighted by atomic mass is 9.73. The lowest BCUT2D eigenvalue weighted by Gasteiger charge is -2.45. The van der Waals surface area contributed by atoms with Crippen molar-refractivity contribution in [1.82, 2.24) is 4.90 Å². The summed E-state index contributed by atoms with van der Waals surface area (Å²) >= 11 is 0. The molecule has 0 aliphatic carbocycles. The van der Waals surface area contributed by atoms with E-state index in [1.54, 1.807) is 20.8 Å². The highest BCUT2D eigenvalue weighted by Gasteiger charge is 2.53. The van der Waals surface area contributed by atoms with Gasteiger partial charge < -0.3 is 15.1 Å². The van der Waals surface area contributed by atoms with E-state index in [1.807, 2.05) is 0 Å². The molecule has 1 aliphatic rings. The first-order valence-electron chi connectivity index (χ1n) is 5.09. The predicted molar refractivity (Wildman–Crippen MR) is 53.5 cm³/mol. The number of halogens is 2. The maximum absolute atomic E-state index is 13.4. The third-order valence-electron chi connectivity index (χ3n) is 3.02. The summed E-state index contributed by atoms with van der Waals surface area (Å²) in [4.78, 5) is 11.4. The molecule has 6 heteroatoms. The van der Waals surface area contributed by atoms with E-state index in [1.165, 1.54) is 0 Å². The van der Waals surface area contributed by atoms with Crippen molar-refractivity contribution in [2.45, 2.75) is 32.8 Å². The fourth-order valence-corrected chi connectivity index (χ4v) is 1.94. The Morgan fingerprint density at radius 3 is 2.31 bits per heavy atom. The van der Waals surface area contributed by atoms with Gasteiger partial charge >= 0.3 is 6.09 Å². The molecule has 0 bridgehead atoms.